The molecule has 154 valence electrons. The number of primary amides is 1. The minimum atomic E-state index is -1.06. The van der Waals surface area contributed by atoms with Gasteiger partial charge in [-0.1, -0.05) is 0 Å². The van der Waals surface area contributed by atoms with E-state index in [1.165, 1.54) is 29.6 Å². The molecule has 0 bridgehead atoms. The first-order valence-corrected chi connectivity index (χ1v) is 8.73. The van der Waals surface area contributed by atoms with Crippen LogP contribution in [0.15, 0.2) is 29.5 Å². The van der Waals surface area contributed by atoms with Crippen LogP contribution in [0.25, 0.3) is 11.0 Å². The number of amides is 3. The fourth-order valence-corrected chi connectivity index (χ4v) is 3.17. The number of hydrogen-bond acceptors (Lipinski definition) is 8. The summed E-state index contributed by atoms with van der Waals surface area (Å²) in [4.78, 5) is 59.7. The lowest BCUT2D eigenvalue weighted by Crippen LogP contribution is -2.73. The molecule has 0 aliphatic carbocycles. The average Bonchev–Trinajstić information content (AvgIpc) is 3.20. The maximum Gasteiger partial charge on any atom is 0.272 e. The quantitative estimate of drug-likeness (QED) is 0.309. The van der Waals surface area contributed by atoms with Crippen molar-refractivity contribution < 1.29 is 19.5 Å². The molecule has 13 heteroatoms. The van der Waals surface area contributed by atoms with Gasteiger partial charge in [-0.25, -0.2) is 9.97 Å². The molecule has 4 rings (SSSR count). The summed E-state index contributed by atoms with van der Waals surface area (Å²) < 4.78 is 0. The number of aromatic nitrogens is 5. The van der Waals surface area contributed by atoms with Gasteiger partial charge in [-0.2, -0.15) is 5.10 Å². The van der Waals surface area contributed by atoms with Gasteiger partial charge in [0.2, 0.25) is 0 Å². The zero-order valence-corrected chi connectivity index (χ0v) is 15.4. The predicted octanol–water partition coefficient (Wildman–Crippen LogP) is -2.24. The van der Waals surface area contributed by atoms with Crippen molar-refractivity contribution in [3.05, 3.63) is 52.0 Å². The Balaban J connectivity index is 1.47. The zero-order valence-electron chi connectivity index (χ0n) is 15.4. The number of aliphatic hydroxyl groups is 1. The van der Waals surface area contributed by atoms with E-state index < -0.39 is 35.4 Å². The normalized spacial score (nSPS) is 14.9. The topological polar surface area (TPSA) is 200 Å². The molecule has 1 saturated heterocycles. The molecule has 0 saturated carbocycles. The van der Waals surface area contributed by atoms with E-state index in [-0.39, 0.29) is 41.1 Å². The van der Waals surface area contributed by atoms with E-state index in [4.69, 9.17) is 5.73 Å². The Hall–Kier alpha value is -4.13. The third-order valence-electron chi connectivity index (χ3n) is 4.77. The maximum absolute atomic E-state index is 12.6. The average molecular weight is 412 g/mol. The Bertz CT molecular complexity index is 1230. The number of nitrogens with one attached hydrogen (secondary N) is 3. The Morgan fingerprint density at radius 2 is 2.03 bits per heavy atom. The van der Waals surface area contributed by atoms with Crippen LogP contribution in [0.2, 0.25) is 0 Å². The molecular formula is C17H16N8O5. The van der Waals surface area contributed by atoms with E-state index in [0.29, 0.717) is 0 Å². The highest BCUT2D eigenvalue weighted by molar-refractivity contribution is 5.99. The molecule has 3 aromatic rings. The van der Waals surface area contributed by atoms with Gasteiger partial charge in [0.15, 0.2) is 11.3 Å². The highest BCUT2D eigenvalue weighted by Crippen LogP contribution is 2.23. The number of rotatable bonds is 5. The van der Waals surface area contributed by atoms with Crippen LogP contribution in [0, 0.1) is 0 Å². The monoisotopic (exact) mass is 412 g/mol. The second-order valence-electron chi connectivity index (χ2n) is 6.91. The predicted molar refractivity (Wildman–Crippen MR) is 100 cm³/mol. The molecule has 3 aromatic heterocycles. The Morgan fingerprint density at radius 3 is 2.70 bits per heavy atom. The smallest absolute Gasteiger partial charge is 0.272 e. The van der Waals surface area contributed by atoms with Crippen molar-refractivity contribution >= 4 is 28.8 Å². The van der Waals surface area contributed by atoms with E-state index in [1.807, 2.05) is 0 Å². The lowest BCUT2D eigenvalue weighted by molar-refractivity contribution is 0.00479. The number of pyridine rings is 1. The first-order valence-electron chi connectivity index (χ1n) is 8.73. The highest BCUT2D eigenvalue weighted by atomic mass is 16.3. The van der Waals surface area contributed by atoms with Gasteiger partial charge in [-0.15, -0.1) is 0 Å². The fourth-order valence-electron chi connectivity index (χ4n) is 3.17. The second kappa shape index (κ2) is 7.04. The summed E-state index contributed by atoms with van der Waals surface area (Å²) >= 11 is 0. The van der Waals surface area contributed by atoms with Crippen LogP contribution in [0.3, 0.4) is 0 Å². The first-order chi connectivity index (χ1) is 14.3. The summed E-state index contributed by atoms with van der Waals surface area (Å²) in [6.07, 6.45) is 2.48. The molecule has 3 amide bonds. The van der Waals surface area contributed by atoms with Crippen molar-refractivity contribution in [3.8, 4) is 0 Å². The molecule has 30 heavy (non-hydrogen) atoms. The molecular weight excluding hydrogens is 396 g/mol. The molecule has 4 heterocycles. The van der Waals surface area contributed by atoms with E-state index in [0.717, 1.165) is 0 Å². The molecule has 0 spiro atoms. The van der Waals surface area contributed by atoms with Gasteiger partial charge in [-0.05, 0) is 6.07 Å². The van der Waals surface area contributed by atoms with E-state index in [1.54, 1.807) is 0 Å². The van der Waals surface area contributed by atoms with Crippen molar-refractivity contribution in [3.63, 3.8) is 0 Å². The number of aromatic amines is 2. The van der Waals surface area contributed by atoms with Gasteiger partial charge < -0.3 is 26.0 Å². The molecule has 0 radical (unpaired) electrons. The number of nitrogens with zero attached hydrogens (tertiary/aromatic N) is 4. The van der Waals surface area contributed by atoms with Gasteiger partial charge in [0.25, 0.3) is 23.3 Å². The van der Waals surface area contributed by atoms with Crippen LogP contribution in [0.5, 0.6) is 0 Å². The van der Waals surface area contributed by atoms with E-state index in [2.05, 4.69) is 30.5 Å². The minimum absolute atomic E-state index is 0.0299. The summed E-state index contributed by atoms with van der Waals surface area (Å²) in [7, 11) is 0. The molecule has 1 aliphatic rings. The first kappa shape index (κ1) is 19.2. The Kier molecular flexibility index (Phi) is 4.50. The Labute approximate surface area is 167 Å². The Morgan fingerprint density at radius 1 is 1.27 bits per heavy atom. The summed E-state index contributed by atoms with van der Waals surface area (Å²) in [6.45, 7) is -0.356. The summed E-state index contributed by atoms with van der Waals surface area (Å²) in [5, 5.41) is 18.7. The number of fused-ring (bicyclic) bond motifs is 1. The fraction of sp³-hybridized carbons (Fsp3) is 0.235. The maximum atomic E-state index is 12.6. The van der Waals surface area contributed by atoms with Crippen molar-refractivity contribution in [2.24, 2.45) is 5.73 Å². The van der Waals surface area contributed by atoms with Crippen molar-refractivity contribution in [2.75, 3.05) is 19.7 Å². The molecule has 13 nitrogen and oxygen atoms in total. The molecule has 1 fully saturated rings. The molecule has 0 aromatic carbocycles. The van der Waals surface area contributed by atoms with Crippen LogP contribution >= 0.6 is 0 Å². The van der Waals surface area contributed by atoms with Gasteiger partial charge in [0.1, 0.15) is 5.69 Å². The lowest BCUT2D eigenvalue weighted by atomic mass is 9.89. The highest BCUT2D eigenvalue weighted by Gasteiger charge is 2.46. The van der Waals surface area contributed by atoms with Crippen LogP contribution in [0.4, 0.5) is 0 Å². The molecule has 6 N–H and O–H groups in total. The zero-order chi connectivity index (χ0) is 21.5. The second-order valence-corrected chi connectivity index (χ2v) is 6.91. The van der Waals surface area contributed by atoms with Crippen LogP contribution in [-0.2, 0) is 0 Å². The van der Waals surface area contributed by atoms with Crippen LogP contribution in [-0.4, -0.2) is 78.1 Å². The largest absolute Gasteiger partial charge is 0.394 e. The number of nitrogens with two attached hydrogens (primary N) is 1. The summed E-state index contributed by atoms with van der Waals surface area (Å²) in [6, 6.07) is 2.58. The van der Waals surface area contributed by atoms with Gasteiger partial charge in [0.05, 0.1) is 29.4 Å². The minimum Gasteiger partial charge on any atom is -0.394 e. The number of carbonyl (C=O) groups is 3. The van der Waals surface area contributed by atoms with Crippen molar-refractivity contribution in [1.29, 1.82) is 0 Å². The molecule has 1 aliphatic heterocycles. The van der Waals surface area contributed by atoms with Gasteiger partial charge in [-0.3, -0.25) is 24.3 Å². The number of H-pyrrole nitrogens is 2. The lowest BCUT2D eigenvalue weighted by Gasteiger charge is -2.49. The van der Waals surface area contributed by atoms with Crippen molar-refractivity contribution in [1.82, 2.24) is 35.4 Å². The number of likely N-dealkylation sites (tertiary alicyclic amines) is 1. The van der Waals surface area contributed by atoms with Crippen LogP contribution < -0.4 is 16.6 Å². The third kappa shape index (κ3) is 3.26. The summed E-state index contributed by atoms with van der Waals surface area (Å²) in [5.74, 6) is -1.80. The van der Waals surface area contributed by atoms with Crippen LogP contribution in [0.1, 0.15) is 31.3 Å². The van der Waals surface area contributed by atoms with E-state index >= 15 is 0 Å². The third-order valence-corrected chi connectivity index (χ3v) is 4.77. The SMILES string of the molecule is NC(=O)c1cc(C(=O)N2CC(CO)(NC(=O)c3cnc4nc[nH]c(=O)c4c3)C2)[nH]n1. The number of carbonyl (C=O) groups excluding carboxylic acids is 3. The van der Waals surface area contributed by atoms with Gasteiger partial charge in [0, 0.05) is 25.4 Å². The summed E-state index contributed by atoms with van der Waals surface area (Å²) in [5.41, 5.74) is 3.91. The van der Waals surface area contributed by atoms with Gasteiger partial charge >= 0.3 is 0 Å². The standard InChI is InChI=1S/C17H16N8O5/c18-12(27)10-2-11(24-23-10)16(30)25-4-17(5-25,6-26)22-14(28)8-1-9-13(19-3-8)20-7-21-15(9)29/h1-3,7,26H,4-6H2,(H2,18,27)(H,22,28)(H,23,24)(H,19,20,21,29). The molecule has 0 atom stereocenters. The number of aliphatic hydroxyl groups excluding tert-OH is 1. The molecule has 0 unspecified atom stereocenters. The van der Waals surface area contributed by atoms with Crippen molar-refractivity contribution in [2.45, 2.75) is 5.54 Å². The number of hydrogen-bond donors (Lipinski definition) is 5. The van der Waals surface area contributed by atoms with E-state index in [9.17, 15) is 24.3 Å².